The largest absolute Gasteiger partial charge is 0.469 e. The Bertz CT molecular complexity index is 800. The van der Waals surface area contributed by atoms with Crippen molar-refractivity contribution in [3.05, 3.63) is 41.0 Å². The Kier molecular flexibility index (Phi) is 6.43. The number of aliphatic hydroxyl groups is 1. The number of carbonyl (C=O) groups excluding carboxylic acids is 1. The molecule has 3 N–H and O–H groups in total. The molecule has 2 rings (SSSR count). The fourth-order valence-corrected chi connectivity index (χ4v) is 2.75. The van der Waals surface area contributed by atoms with Crippen molar-refractivity contribution in [2.45, 2.75) is 24.2 Å². The van der Waals surface area contributed by atoms with Crippen LogP contribution >= 0.6 is 11.8 Å². The maximum Gasteiger partial charge on any atom is 0.416 e. The second kappa shape index (κ2) is 8.37. The van der Waals surface area contributed by atoms with Crippen LogP contribution < -0.4 is 10.5 Å². The van der Waals surface area contributed by atoms with Crippen LogP contribution in [0, 0.1) is 0 Å². The SMILES string of the molecule is CSc1nc(N)nc(OCC(=O)Cc2cccc(C(F)(F)F)c2)c1CO. The van der Waals surface area contributed by atoms with Crippen molar-refractivity contribution in [3.63, 3.8) is 0 Å². The van der Waals surface area contributed by atoms with E-state index in [0.717, 1.165) is 12.1 Å². The van der Waals surface area contributed by atoms with Gasteiger partial charge >= 0.3 is 6.18 Å². The molecule has 0 saturated carbocycles. The van der Waals surface area contributed by atoms with Gasteiger partial charge in [-0.25, -0.2) is 4.98 Å². The van der Waals surface area contributed by atoms with E-state index in [1.54, 1.807) is 6.26 Å². The van der Waals surface area contributed by atoms with Gasteiger partial charge in [0.15, 0.2) is 5.78 Å². The average Bonchev–Trinajstić information content (AvgIpc) is 2.58. The van der Waals surface area contributed by atoms with Gasteiger partial charge in [-0.3, -0.25) is 4.79 Å². The molecular weight excluding hydrogens is 371 g/mol. The van der Waals surface area contributed by atoms with Crippen molar-refractivity contribution in [1.29, 1.82) is 0 Å². The zero-order valence-electron chi connectivity index (χ0n) is 13.7. The Morgan fingerprint density at radius 3 is 2.69 bits per heavy atom. The molecule has 0 spiro atoms. The van der Waals surface area contributed by atoms with Crippen LogP contribution in [0.5, 0.6) is 5.88 Å². The minimum absolute atomic E-state index is 0.0262. The summed E-state index contributed by atoms with van der Waals surface area (Å²) in [5.41, 5.74) is 5.25. The number of thioether (sulfide) groups is 1. The molecule has 140 valence electrons. The van der Waals surface area contributed by atoms with Crippen molar-refractivity contribution >= 4 is 23.5 Å². The molecule has 6 nitrogen and oxygen atoms in total. The summed E-state index contributed by atoms with van der Waals surface area (Å²) in [4.78, 5) is 19.8. The van der Waals surface area contributed by atoms with Gasteiger partial charge < -0.3 is 15.6 Å². The molecule has 1 aromatic heterocycles. The quantitative estimate of drug-likeness (QED) is 0.556. The van der Waals surface area contributed by atoms with Gasteiger partial charge in [0.05, 0.1) is 17.7 Å². The maximum absolute atomic E-state index is 12.7. The van der Waals surface area contributed by atoms with Crippen molar-refractivity contribution in [2.24, 2.45) is 0 Å². The first-order chi connectivity index (χ1) is 12.2. The molecular formula is C16H16F3N3O3S. The van der Waals surface area contributed by atoms with E-state index in [1.807, 2.05) is 0 Å². The highest BCUT2D eigenvalue weighted by atomic mass is 32.2. The molecule has 0 bridgehead atoms. The first-order valence-electron chi connectivity index (χ1n) is 7.36. The number of ether oxygens (including phenoxy) is 1. The molecule has 0 fully saturated rings. The highest BCUT2D eigenvalue weighted by molar-refractivity contribution is 7.98. The molecule has 0 saturated heterocycles. The van der Waals surface area contributed by atoms with E-state index < -0.39 is 30.7 Å². The monoisotopic (exact) mass is 387 g/mol. The van der Waals surface area contributed by atoms with Gasteiger partial charge in [-0.2, -0.15) is 18.2 Å². The number of aromatic nitrogens is 2. The molecule has 1 heterocycles. The van der Waals surface area contributed by atoms with Crippen LogP contribution in [-0.2, 0) is 24.0 Å². The van der Waals surface area contributed by atoms with Crippen molar-refractivity contribution in [3.8, 4) is 5.88 Å². The summed E-state index contributed by atoms with van der Waals surface area (Å²) in [6.45, 7) is -0.832. The van der Waals surface area contributed by atoms with E-state index in [2.05, 4.69) is 9.97 Å². The molecule has 0 radical (unpaired) electrons. The molecule has 0 atom stereocenters. The van der Waals surface area contributed by atoms with Gasteiger partial charge in [0.25, 0.3) is 0 Å². The summed E-state index contributed by atoms with van der Waals surface area (Å²) in [6, 6.07) is 4.53. The van der Waals surface area contributed by atoms with Gasteiger partial charge in [0.2, 0.25) is 11.8 Å². The summed E-state index contributed by atoms with van der Waals surface area (Å²) in [6.07, 6.45) is -2.98. The molecule has 2 aromatic rings. The van der Waals surface area contributed by atoms with Crippen molar-refractivity contribution < 1.29 is 27.8 Å². The number of hydrogen-bond acceptors (Lipinski definition) is 7. The van der Waals surface area contributed by atoms with E-state index in [4.69, 9.17) is 10.5 Å². The van der Waals surface area contributed by atoms with Crippen LogP contribution in [0.15, 0.2) is 29.3 Å². The standard InChI is InChI=1S/C16H16F3N3O3S/c1-26-14-12(7-23)13(21-15(20)22-14)25-8-11(24)6-9-3-2-4-10(5-9)16(17,18)19/h2-5,23H,6-8H2,1H3,(H2,20,21,22). The summed E-state index contributed by atoms with van der Waals surface area (Å²) >= 11 is 1.23. The van der Waals surface area contributed by atoms with Gasteiger partial charge in [-0.15, -0.1) is 11.8 Å². The number of nitrogens with two attached hydrogens (primary N) is 1. The van der Waals surface area contributed by atoms with Crippen molar-refractivity contribution in [1.82, 2.24) is 9.97 Å². The predicted octanol–water partition coefficient (Wildman–Crippen LogP) is 2.48. The smallest absolute Gasteiger partial charge is 0.416 e. The lowest BCUT2D eigenvalue weighted by molar-refractivity contribution is -0.137. The van der Waals surface area contributed by atoms with Crippen LogP contribution in [0.2, 0.25) is 0 Å². The molecule has 0 unspecified atom stereocenters. The Morgan fingerprint density at radius 2 is 2.08 bits per heavy atom. The number of rotatable bonds is 7. The van der Waals surface area contributed by atoms with Gasteiger partial charge in [-0.05, 0) is 17.9 Å². The highest BCUT2D eigenvalue weighted by Gasteiger charge is 2.30. The van der Waals surface area contributed by atoms with Gasteiger partial charge in [0, 0.05) is 6.42 Å². The minimum Gasteiger partial charge on any atom is -0.469 e. The van der Waals surface area contributed by atoms with Crippen LogP contribution in [0.4, 0.5) is 19.1 Å². The number of alkyl halides is 3. The number of benzene rings is 1. The lowest BCUT2D eigenvalue weighted by Gasteiger charge is -2.12. The van der Waals surface area contributed by atoms with Crippen molar-refractivity contribution in [2.75, 3.05) is 18.6 Å². The molecule has 10 heteroatoms. The fraction of sp³-hybridized carbons (Fsp3) is 0.312. The first-order valence-corrected chi connectivity index (χ1v) is 8.59. The lowest BCUT2D eigenvalue weighted by atomic mass is 10.1. The third-order valence-corrected chi connectivity index (χ3v) is 4.05. The average molecular weight is 387 g/mol. The summed E-state index contributed by atoms with van der Waals surface area (Å²) in [7, 11) is 0. The minimum atomic E-state index is -4.47. The third-order valence-electron chi connectivity index (χ3n) is 3.33. The van der Waals surface area contributed by atoms with Crippen LogP contribution in [0.3, 0.4) is 0 Å². The van der Waals surface area contributed by atoms with E-state index in [9.17, 15) is 23.1 Å². The number of nitrogen functional groups attached to an aromatic ring is 1. The molecule has 0 aliphatic rings. The molecule has 26 heavy (non-hydrogen) atoms. The molecule has 0 aliphatic heterocycles. The van der Waals surface area contributed by atoms with E-state index in [-0.39, 0.29) is 23.8 Å². The normalized spacial score (nSPS) is 11.4. The number of halogens is 3. The third kappa shape index (κ3) is 5.09. The number of anilines is 1. The second-order valence-corrected chi connectivity index (χ2v) is 6.03. The Hall–Kier alpha value is -2.33. The summed E-state index contributed by atoms with van der Waals surface area (Å²) < 4.78 is 43.4. The highest BCUT2D eigenvalue weighted by Crippen LogP contribution is 2.30. The first kappa shape index (κ1) is 20.0. The Balaban J connectivity index is 2.07. The van der Waals surface area contributed by atoms with Crippen LogP contribution in [0.25, 0.3) is 0 Å². The van der Waals surface area contributed by atoms with E-state index in [1.165, 1.54) is 23.9 Å². The Morgan fingerprint density at radius 1 is 1.35 bits per heavy atom. The predicted molar refractivity (Wildman–Crippen MR) is 89.8 cm³/mol. The number of aliphatic hydroxyl groups excluding tert-OH is 1. The summed E-state index contributed by atoms with van der Waals surface area (Å²) in [5, 5.41) is 9.84. The zero-order valence-corrected chi connectivity index (χ0v) is 14.5. The molecule has 1 aromatic carbocycles. The molecule has 0 amide bonds. The van der Waals surface area contributed by atoms with E-state index >= 15 is 0 Å². The second-order valence-electron chi connectivity index (χ2n) is 5.24. The zero-order chi connectivity index (χ0) is 19.3. The van der Waals surface area contributed by atoms with Crippen LogP contribution in [-0.4, -0.2) is 33.7 Å². The Labute approximate surface area is 151 Å². The number of nitrogens with zero attached hydrogens (tertiary/aromatic N) is 2. The molecule has 0 aliphatic carbocycles. The number of Topliss-reactive ketones (excluding diaryl/α,β-unsaturated/α-hetero) is 1. The lowest BCUT2D eigenvalue weighted by Crippen LogP contribution is -2.17. The number of ketones is 1. The fourth-order valence-electron chi connectivity index (χ4n) is 2.17. The summed E-state index contributed by atoms with van der Waals surface area (Å²) in [5.74, 6) is -0.551. The number of hydrogen-bond donors (Lipinski definition) is 2. The van der Waals surface area contributed by atoms with E-state index in [0.29, 0.717) is 10.6 Å². The van der Waals surface area contributed by atoms with Gasteiger partial charge in [-0.1, -0.05) is 18.2 Å². The maximum atomic E-state index is 12.7. The number of carbonyl (C=O) groups is 1. The topological polar surface area (TPSA) is 98.3 Å². The van der Waals surface area contributed by atoms with Gasteiger partial charge in [0.1, 0.15) is 11.6 Å². The van der Waals surface area contributed by atoms with Crippen LogP contribution in [0.1, 0.15) is 16.7 Å².